The largest absolute Gasteiger partial charge is 0.458 e. The van der Waals surface area contributed by atoms with Gasteiger partial charge in [-0.25, -0.2) is 0 Å². The number of unbranched alkanes of at least 4 members (excludes halogenated alkanes) is 5. The van der Waals surface area contributed by atoms with Crippen molar-refractivity contribution < 1.29 is 4.12 Å². The molecule has 0 bridgehead atoms. The van der Waals surface area contributed by atoms with Crippen molar-refractivity contribution in [2.24, 2.45) is 0 Å². The molecule has 15 heavy (non-hydrogen) atoms. The summed E-state index contributed by atoms with van der Waals surface area (Å²) in [5, 5.41) is 0. The van der Waals surface area contributed by atoms with E-state index in [1.807, 2.05) is 0 Å². The molecular formula is C12H30OSi2. The second kappa shape index (κ2) is 8.53. The Balaban J connectivity index is 3.28. The van der Waals surface area contributed by atoms with E-state index in [0.717, 1.165) is 0 Å². The maximum absolute atomic E-state index is 6.14. The average Bonchev–Trinajstić information content (AvgIpc) is 2.08. The van der Waals surface area contributed by atoms with Gasteiger partial charge >= 0.3 is 0 Å². The van der Waals surface area contributed by atoms with Crippen molar-refractivity contribution in [3.63, 3.8) is 0 Å². The van der Waals surface area contributed by atoms with Gasteiger partial charge in [0, 0.05) is 0 Å². The average molecular weight is 247 g/mol. The lowest BCUT2D eigenvalue weighted by Gasteiger charge is -2.22. The molecule has 0 spiro atoms. The van der Waals surface area contributed by atoms with Gasteiger partial charge in [0.15, 0.2) is 17.4 Å². The predicted octanol–water partition coefficient (Wildman–Crippen LogP) is 4.55. The molecule has 0 saturated carbocycles. The normalized spacial score (nSPS) is 14.2. The van der Waals surface area contributed by atoms with Gasteiger partial charge in [-0.1, -0.05) is 45.4 Å². The van der Waals surface area contributed by atoms with Crippen molar-refractivity contribution in [3.05, 3.63) is 0 Å². The Hall–Kier alpha value is 0.394. The highest BCUT2D eigenvalue weighted by Crippen LogP contribution is 2.12. The minimum absolute atomic E-state index is 0.824. The van der Waals surface area contributed by atoms with Crippen molar-refractivity contribution in [1.29, 1.82) is 0 Å². The third kappa shape index (κ3) is 12.3. The van der Waals surface area contributed by atoms with Gasteiger partial charge in [0.2, 0.25) is 0 Å². The highest BCUT2D eigenvalue weighted by molar-refractivity contribution is 6.77. The first-order valence-electron chi connectivity index (χ1n) is 6.63. The number of rotatable bonds is 9. The van der Waals surface area contributed by atoms with E-state index in [1.54, 1.807) is 0 Å². The van der Waals surface area contributed by atoms with E-state index in [9.17, 15) is 0 Å². The van der Waals surface area contributed by atoms with Crippen LogP contribution in [0.3, 0.4) is 0 Å². The zero-order valence-electron chi connectivity index (χ0n) is 11.4. The molecule has 0 amide bonds. The first-order valence-corrected chi connectivity index (χ1v) is 12.5. The lowest BCUT2D eigenvalue weighted by Crippen LogP contribution is -2.32. The second-order valence-corrected chi connectivity index (χ2v) is 13.0. The molecule has 0 rings (SSSR count). The lowest BCUT2D eigenvalue weighted by molar-refractivity contribution is 0.559. The summed E-state index contributed by atoms with van der Waals surface area (Å²) in [6.07, 6.45) is 8.46. The maximum Gasteiger partial charge on any atom is 0.170 e. The van der Waals surface area contributed by atoms with E-state index in [-0.39, 0.29) is 0 Å². The van der Waals surface area contributed by atoms with Crippen LogP contribution in [-0.2, 0) is 4.12 Å². The quantitative estimate of drug-likeness (QED) is 0.428. The summed E-state index contributed by atoms with van der Waals surface area (Å²) in [4.78, 5) is 0. The molecule has 0 aliphatic heterocycles. The number of hydrogen-bond donors (Lipinski definition) is 0. The summed E-state index contributed by atoms with van der Waals surface area (Å²) in [6, 6.07) is 1.39. The Labute approximate surface area is 99.5 Å². The maximum atomic E-state index is 6.14. The summed E-state index contributed by atoms with van der Waals surface area (Å²) in [5.41, 5.74) is 0. The summed E-state index contributed by atoms with van der Waals surface area (Å²) < 4.78 is 6.14. The van der Waals surface area contributed by atoms with Crippen molar-refractivity contribution in [2.75, 3.05) is 0 Å². The minimum Gasteiger partial charge on any atom is -0.458 e. The standard InChI is InChI=1S/C12H30OSi2/c1-6-7-8-9-10-11-12-14(2)13-15(3,4)5/h14H,6-12H2,1-5H3. The Morgan fingerprint density at radius 3 is 2.00 bits per heavy atom. The van der Waals surface area contributed by atoms with Crippen molar-refractivity contribution in [3.8, 4) is 0 Å². The monoisotopic (exact) mass is 246 g/mol. The van der Waals surface area contributed by atoms with Crippen molar-refractivity contribution in [1.82, 2.24) is 0 Å². The summed E-state index contributed by atoms with van der Waals surface area (Å²) in [7, 11) is -2.06. The molecule has 0 heterocycles. The Morgan fingerprint density at radius 2 is 1.47 bits per heavy atom. The van der Waals surface area contributed by atoms with Crippen LogP contribution in [0.25, 0.3) is 0 Å². The van der Waals surface area contributed by atoms with E-state index in [1.165, 1.54) is 44.6 Å². The molecule has 3 heteroatoms. The molecule has 1 unspecified atom stereocenters. The molecule has 92 valence electrons. The second-order valence-electron chi connectivity index (χ2n) is 5.60. The Bertz CT molecular complexity index is 143. The number of hydrogen-bond acceptors (Lipinski definition) is 1. The van der Waals surface area contributed by atoms with Crippen LogP contribution in [0.2, 0.25) is 32.2 Å². The molecule has 0 N–H and O–H groups in total. The first-order chi connectivity index (χ1) is 6.95. The van der Waals surface area contributed by atoms with Crippen LogP contribution in [0, 0.1) is 0 Å². The van der Waals surface area contributed by atoms with E-state index in [4.69, 9.17) is 4.12 Å². The predicted molar refractivity (Wildman–Crippen MR) is 75.6 cm³/mol. The molecule has 0 aromatic carbocycles. The van der Waals surface area contributed by atoms with Gasteiger partial charge in [0.25, 0.3) is 0 Å². The first kappa shape index (κ1) is 15.4. The van der Waals surface area contributed by atoms with E-state index in [0.29, 0.717) is 0 Å². The fourth-order valence-corrected chi connectivity index (χ4v) is 8.04. The van der Waals surface area contributed by atoms with Crippen molar-refractivity contribution >= 4 is 17.4 Å². The highest BCUT2D eigenvalue weighted by Gasteiger charge is 2.18. The Kier molecular flexibility index (Phi) is 8.76. The highest BCUT2D eigenvalue weighted by atomic mass is 28.4. The molecular weight excluding hydrogens is 216 g/mol. The zero-order valence-corrected chi connectivity index (χ0v) is 13.6. The van der Waals surface area contributed by atoms with Crippen LogP contribution in [-0.4, -0.2) is 17.4 Å². The van der Waals surface area contributed by atoms with Gasteiger partial charge in [-0.2, -0.15) is 0 Å². The third-order valence-corrected chi connectivity index (χ3v) is 8.18. The zero-order chi connectivity index (χ0) is 11.7. The fourth-order valence-electron chi connectivity index (χ4n) is 1.87. The molecule has 1 nitrogen and oxygen atoms in total. The van der Waals surface area contributed by atoms with Gasteiger partial charge in [0.05, 0.1) is 0 Å². The van der Waals surface area contributed by atoms with E-state index in [2.05, 4.69) is 33.1 Å². The van der Waals surface area contributed by atoms with Crippen LogP contribution >= 0.6 is 0 Å². The molecule has 0 aliphatic rings. The summed E-state index contributed by atoms with van der Waals surface area (Å²) in [5.74, 6) is 0. The molecule has 0 fully saturated rings. The van der Waals surface area contributed by atoms with Gasteiger partial charge in [-0.3, -0.25) is 0 Å². The van der Waals surface area contributed by atoms with Crippen LogP contribution in [0.15, 0.2) is 0 Å². The van der Waals surface area contributed by atoms with E-state index >= 15 is 0 Å². The van der Waals surface area contributed by atoms with Crippen molar-refractivity contribution in [2.45, 2.75) is 77.7 Å². The van der Waals surface area contributed by atoms with Crippen LogP contribution < -0.4 is 0 Å². The molecule has 0 aromatic rings. The molecule has 0 saturated heterocycles. The van der Waals surface area contributed by atoms with Gasteiger partial charge in [-0.15, -0.1) is 0 Å². The summed E-state index contributed by atoms with van der Waals surface area (Å²) in [6.45, 7) is 11.5. The van der Waals surface area contributed by atoms with Gasteiger partial charge in [-0.05, 0) is 32.2 Å². The van der Waals surface area contributed by atoms with Crippen LogP contribution in [0.5, 0.6) is 0 Å². The van der Waals surface area contributed by atoms with Crippen LogP contribution in [0.1, 0.15) is 45.4 Å². The van der Waals surface area contributed by atoms with E-state index < -0.39 is 17.4 Å². The van der Waals surface area contributed by atoms with Crippen LogP contribution in [0.4, 0.5) is 0 Å². The molecule has 0 aromatic heterocycles. The Morgan fingerprint density at radius 1 is 0.933 bits per heavy atom. The lowest BCUT2D eigenvalue weighted by atomic mass is 10.1. The van der Waals surface area contributed by atoms with Gasteiger partial charge in [0.1, 0.15) is 0 Å². The molecule has 0 radical (unpaired) electrons. The minimum atomic E-state index is -1.24. The molecule has 0 aliphatic carbocycles. The molecule has 1 atom stereocenters. The van der Waals surface area contributed by atoms with Gasteiger partial charge < -0.3 is 4.12 Å². The topological polar surface area (TPSA) is 9.23 Å². The SMILES string of the molecule is CCCCCCCC[SiH](C)O[Si](C)(C)C. The third-order valence-electron chi connectivity index (χ3n) is 2.52. The summed E-state index contributed by atoms with van der Waals surface area (Å²) >= 11 is 0. The smallest absolute Gasteiger partial charge is 0.170 e. The fraction of sp³-hybridized carbons (Fsp3) is 1.00.